The van der Waals surface area contributed by atoms with Gasteiger partial charge in [-0.15, -0.1) is 0 Å². The first-order chi connectivity index (χ1) is 10.2. The minimum atomic E-state index is -0.814. The van der Waals surface area contributed by atoms with Crippen molar-refractivity contribution in [3.05, 3.63) is 52.3 Å². The molecule has 1 aromatic heterocycles. The number of pyridine rings is 1. The van der Waals surface area contributed by atoms with Crippen molar-refractivity contribution < 1.29 is 14.6 Å². The van der Waals surface area contributed by atoms with Crippen LogP contribution < -0.4 is 9.47 Å². The predicted octanol–water partition coefficient (Wildman–Crippen LogP) is 3.72. The molecular formula is C16H18BrNO3. The minimum Gasteiger partial charge on any atom is -0.496 e. The molecule has 0 fully saturated rings. The number of hydrogen-bond donors (Lipinski definition) is 1. The van der Waals surface area contributed by atoms with Crippen molar-refractivity contribution in [1.29, 1.82) is 0 Å². The number of nitrogens with zero attached hydrogens (tertiary/aromatic N) is 1. The minimum absolute atomic E-state index is 0.622. The van der Waals surface area contributed by atoms with Gasteiger partial charge in [0.15, 0.2) is 0 Å². The zero-order chi connectivity index (χ0) is 15.2. The van der Waals surface area contributed by atoms with Crippen LogP contribution in [0, 0.1) is 0 Å². The molecule has 0 spiro atoms. The number of aromatic nitrogens is 1. The molecule has 0 saturated heterocycles. The molecule has 0 aliphatic carbocycles. The van der Waals surface area contributed by atoms with E-state index in [1.54, 1.807) is 25.6 Å². The number of rotatable bonds is 6. The maximum Gasteiger partial charge on any atom is 0.137 e. The Labute approximate surface area is 132 Å². The molecule has 0 radical (unpaired) electrons. The van der Waals surface area contributed by atoms with E-state index in [2.05, 4.69) is 20.9 Å². The highest BCUT2D eigenvalue weighted by Gasteiger charge is 2.16. The van der Waals surface area contributed by atoms with E-state index in [4.69, 9.17) is 9.47 Å². The van der Waals surface area contributed by atoms with Crippen LogP contribution in [0.1, 0.15) is 30.6 Å². The summed E-state index contributed by atoms with van der Waals surface area (Å²) in [5.41, 5.74) is 1.36. The summed E-state index contributed by atoms with van der Waals surface area (Å²) in [5, 5.41) is 10.6. The van der Waals surface area contributed by atoms with Crippen LogP contribution in [0.15, 0.2) is 41.1 Å². The first-order valence-corrected chi connectivity index (χ1v) is 7.54. The molecule has 0 amide bonds. The van der Waals surface area contributed by atoms with Gasteiger partial charge in [0.05, 0.1) is 19.9 Å². The maximum atomic E-state index is 10.6. The Kier molecular flexibility index (Phi) is 5.59. The Bertz CT molecular complexity index is 604. The van der Waals surface area contributed by atoms with Crippen LogP contribution in [-0.2, 0) is 0 Å². The average Bonchev–Trinajstić information content (AvgIpc) is 2.52. The zero-order valence-electron chi connectivity index (χ0n) is 12.0. The lowest BCUT2D eigenvalue weighted by Crippen LogP contribution is -2.04. The van der Waals surface area contributed by atoms with E-state index in [0.29, 0.717) is 29.2 Å². The van der Waals surface area contributed by atoms with Crippen molar-refractivity contribution in [3.63, 3.8) is 0 Å². The molecule has 0 aliphatic rings. The van der Waals surface area contributed by atoms with Crippen LogP contribution in [0.5, 0.6) is 11.5 Å². The van der Waals surface area contributed by atoms with Crippen LogP contribution >= 0.6 is 15.9 Å². The Morgan fingerprint density at radius 2 is 2.10 bits per heavy atom. The van der Waals surface area contributed by atoms with Gasteiger partial charge >= 0.3 is 0 Å². The van der Waals surface area contributed by atoms with Gasteiger partial charge in [-0.25, -0.2) is 0 Å². The highest BCUT2D eigenvalue weighted by atomic mass is 79.9. The Balaban J connectivity index is 2.29. The van der Waals surface area contributed by atoms with Crippen molar-refractivity contribution in [2.24, 2.45) is 0 Å². The fraction of sp³-hybridized carbons (Fsp3) is 0.312. The Hall–Kier alpha value is -1.59. The second kappa shape index (κ2) is 7.43. The molecule has 0 bridgehead atoms. The number of aliphatic hydroxyl groups is 1. The predicted molar refractivity (Wildman–Crippen MR) is 84.8 cm³/mol. The van der Waals surface area contributed by atoms with E-state index < -0.39 is 6.10 Å². The van der Waals surface area contributed by atoms with Gasteiger partial charge in [-0.1, -0.05) is 28.9 Å². The van der Waals surface area contributed by atoms with Gasteiger partial charge in [-0.3, -0.25) is 4.98 Å². The molecule has 2 aromatic rings. The molecule has 112 valence electrons. The van der Waals surface area contributed by atoms with Crippen molar-refractivity contribution in [1.82, 2.24) is 4.98 Å². The molecular weight excluding hydrogens is 334 g/mol. The smallest absolute Gasteiger partial charge is 0.137 e. The number of ether oxygens (including phenoxy) is 2. The number of aliphatic hydroxyl groups excluding tert-OH is 1. The second-order valence-electron chi connectivity index (χ2n) is 4.59. The zero-order valence-corrected chi connectivity index (χ0v) is 13.6. The molecule has 2 rings (SSSR count). The fourth-order valence-electron chi connectivity index (χ4n) is 1.97. The number of benzene rings is 1. The Morgan fingerprint density at radius 1 is 1.29 bits per heavy atom. The third-order valence-electron chi connectivity index (χ3n) is 3.01. The van der Waals surface area contributed by atoms with Gasteiger partial charge in [0.1, 0.15) is 17.6 Å². The van der Waals surface area contributed by atoms with E-state index in [-0.39, 0.29) is 0 Å². The molecule has 1 heterocycles. The van der Waals surface area contributed by atoms with Crippen LogP contribution in [0.2, 0.25) is 0 Å². The van der Waals surface area contributed by atoms with Gasteiger partial charge in [0, 0.05) is 21.8 Å². The molecule has 0 aliphatic heterocycles. The summed E-state index contributed by atoms with van der Waals surface area (Å²) < 4.78 is 11.8. The highest BCUT2D eigenvalue weighted by Crippen LogP contribution is 2.32. The summed E-state index contributed by atoms with van der Waals surface area (Å²) in [6.45, 7) is 2.67. The summed E-state index contributed by atoms with van der Waals surface area (Å²) in [7, 11) is 1.58. The van der Waals surface area contributed by atoms with Crippen molar-refractivity contribution in [2.75, 3.05) is 13.7 Å². The molecule has 1 N–H and O–H groups in total. The SMILES string of the molecule is CCCOc1cncc(C(O)c2ccc(Br)cc2OC)c1. The first-order valence-electron chi connectivity index (χ1n) is 6.75. The third-order valence-corrected chi connectivity index (χ3v) is 3.51. The van der Waals surface area contributed by atoms with Crippen molar-refractivity contribution in [3.8, 4) is 11.5 Å². The van der Waals surface area contributed by atoms with Crippen LogP contribution in [-0.4, -0.2) is 23.8 Å². The number of hydrogen-bond acceptors (Lipinski definition) is 4. The summed E-state index contributed by atoms with van der Waals surface area (Å²) in [5.74, 6) is 1.28. The molecule has 4 nitrogen and oxygen atoms in total. The number of methoxy groups -OCH3 is 1. The van der Waals surface area contributed by atoms with Crippen molar-refractivity contribution in [2.45, 2.75) is 19.4 Å². The lowest BCUT2D eigenvalue weighted by atomic mass is 10.0. The van der Waals surface area contributed by atoms with Crippen molar-refractivity contribution >= 4 is 15.9 Å². The van der Waals surface area contributed by atoms with Crippen LogP contribution in [0.25, 0.3) is 0 Å². The molecule has 0 saturated carbocycles. The summed E-state index contributed by atoms with van der Waals surface area (Å²) in [6, 6.07) is 7.32. The second-order valence-corrected chi connectivity index (χ2v) is 5.51. The first kappa shape index (κ1) is 15.8. The van der Waals surface area contributed by atoms with Gasteiger partial charge in [0.2, 0.25) is 0 Å². The van der Waals surface area contributed by atoms with E-state index >= 15 is 0 Å². The third kappa shape index (κ3) is 3.95. The van der Waals surface area contributed by atoms with E-state index in [9.17, 15) is 5.11 Å². The molecule has 5 heteroatoms. The monoisotopic (exact) mass is 351 g/mol. The van der Waals surface area contributed by atoms with Gasteiger partial charge < -0.3 is 14.6 Å². The van der Waals surface area contributed by atoms with E-state index in [1.807, 2.05) is 25.1 Å². The fourth-order valence-corrected chi connectivity index (χ4v) is 2.31. The van der Waals surface area contributed by atoms with E-state index in [0.717, 1.165) is 10.9 Å². The molecule has 1 atom stereocenters. The maximum absolute atomic E-state index is 10.6. The summed E-state index contributed by atoms with van der Waals surface area (Å²) in [6.07, 6.45) is 3.38. The molecule has 1 aromatic carbocycles. The van der Waals surface area contributed by atoms with Gasteiger partial charge in [-0.05, 0) is 24.6 Å². The van der Waals surface area contributed by atoms with Crippen LogP contribution in [0.3, 0.4) is 0 Å². The van der Waals surface area contributed by atoms with Gasteiger partial charge in [0.25, 0.3) is 0 Å². The average molecular weight is 352 g/mol. The normalized spacial score (nSPS) is 12.0. The highest BCUT2D eigenvalue weighted by molar-refractivity contribution is 9.10. The number of halogens is 1. The topological polar surface area (TPSA) is 51.6 Å². The quantitative estimate of drug-likeness (QED) is 0.861. The molecule has 1 unspecified atom stereocenters. The largest absolute Gasteiger partial charge is 0.496 e. The lowest BCUT2D eigenvalue weighted by molar-refractivity contribution is 0.213. The summed E-state index contributed by atoms with van der Waals surface area (Å²) in [4.78, 5) is 4.12. The van der Waals surface area contributed by atoms with Gasteiger partial charge in [-0.2, -0.15) is 0 Å². The Morgan fingerprint density at radius 3 is 2.81 bits per heavy atom. The lowest BCUT2D eigenvalue weighted by Gasteiger charge is -2.16. The standard InChI is InChI=1S/C16H18BrNO3/c1-3-6-21-13-7-11(9-18-10-13)16(19)14-5-4-12(17)8-15(14)20-2/h4-5,7-10,16,19H,3,6H2,1-2H3. The van der Waals surface area contributed by atoms with E-state index in [1.165, 1.54) is 0 Å². The van der Waals surface area contributed by atoms with Crippen LogP contribution in [0.4, 0.5) is 0 Å². The summed E-state index contributed by atoms with van der Waals surface area (Å²) >= 11 is 3.39. The molecule has 21 heavy (non-hydrogen) atoms.